The van der Waals surface area contributed by atoms with Crippen LogP contribution in [0.15, 0.2) is 30.6 Å². The van der Waals surface area contributed by atoms with Crippen molar-refractivity contribution in [3.8, 4) is 0 Å². The number of imidazole rings is 1. The first kappa shape index (κ1) is 10.8. The number of benzene rings is 1. The van der Waals surface area contributed by atoms with E-state index in [2.05, 4.69) is 9.97 Å². The molecule has 0 amide bonds. The second-order valence-electron chi connectivity index (χ2n) is 3.82. The van der Waals surface area contributed by atoms with Gasteiger partial charge in [-0.3, -0.25) is 0 Å². The first-order valence-corrected chi connectivity index (χ1v) is 5.08. The Morgan fingerprint density at radius 3 is 2.88 bits per heavy atom. The van der Waals surface area contributed by atoms with E-state index in [0.717, 1.165) is 5.56 Å². The molecule has 2 N–H and O–H groups in total. The van der Waals surface area contributed by atoms with Crippen LogP contribution in [0, 0.1) is 12.7 Å². The predicted molar refractivity (Wildman–Crippen MR) is 58.4 cm³/mol. The van der Waals surface area contributed by atoms with E-state index in [0.29, 0.717) is 17.8 Å². The molecule has 3 nitrogen and oxygen atoms in total. The molecule has 0 spiro atoms. The zero-order chi connectivity index (χ0) is 11.5. The fourth-order valence-corrected chi connectivity index (χ4v) is 1.67. The Bertz CT molecular complexity index is 448. The highest BCUT2D eigenvalue weighted by atomic mass is 19.1. The van der Waals surface area contributed by atoms with Crippen molar-refractivity contribution in [3.63, 3.8) is 0 Å². The number of H-pyrrole nitrogens is 1. The minimum atomic E-state index is -0.736. The number of aromatic amines is 1. The smallest absolute Gasteiger partial charge is 0.123 e. The van der Waals surface area contributed by atoms with Crippen LogP contribution < -0.4 is 0 Å². The van der Waals surface area contributed by atoms with E-state index < -0.39 is 6.10 Å². The standard InChI is InChI=1S/C12H13FN2O/c1-8-4-9(6-10(13)5-8)11(16)7-12-14-2-3-15-12/h2-6,11,16H,7H2,1H3,(H,14,15). The summed E-state index contributed by atoms with van der Waals surface area (Å²) in [6.07, 6.45) is 2.94. The van der Waals surface area contributed by atoms with Crippen molar-refractivity contribution in [3.05, 3.63) is 53.4 Å². The van der Waals surface area contributed by atoms with Crippen LogP contribution in [0.5, 0.6) is 0 Å². The van der Waals surface area contributed by atoms with Crippen molar-refractivity contribution in [1.82, 2.24) is 9.97 Å². The van der Waals surface area contributed by atoms with Gasteiger partial charge in [0.25, 0.3) is 0 Å². The lowest BCUT2D eigenvalue weighted by atomic mass is 10.0. The van der Waals surface area contributed by atoms with Crippen LogP contribution in [0.2, 0.25) is 0 Å². The maximum absolute atomic E-state index is 13.1. The van der Waals surface area contributed by atoms with Gasteiger partial charge >= 0.3 is 0 Å². The van der Waals surface area contributed by atoms with E-state index in [9.17, 15) is 9.50 Å². The van der Waals surface area contributed by atoms with E-state index in [1.165, 1.54) is 12.1 Å². The van der Waals surface area contributed by atoms with Crippen LogP contribution in [0.4, 0.5) is 4.39 Å². The Kier molecular flexibility index (Phi) is 3.01. The summed E-state index contributed by atoms with van der Waals surface area (Å²) < 4.78 is 13.1. The van der Waals surface area contributed by atoms with E-state index in [4.69, 9.17) is 0 Å². The molecule has 1 atom stereocenters. The average Bonchev–Trinajstić information content (AvgIpc) is 2.68. The summed E-state index contributed by atoms with van der Waals surface area (Å²) in [7, 11) is 0. The molecule has 4 heteroatoms. The molecular weight excluding hydrogens is 207 g/mol. The molecule has 1 aromatic heterocycles. The highest BCUT2D eigenvalue weighted by molar-refractivity contribution is 5.25. The summed E-state index contributed by atoms with van der Waals surface area (Å²) in [6, 6.07) is 4.56. The molecule has 0 fully saturated rings. The molecule has 84 valence electrons. The summed E-state index contributed by atoms with van der Waals surface area (Å²) in [5, 5.41) is 9.91. The van der Waals surface area contributed by atoms with Gasteiger partial charge in [-0.15, -0.1) is 0 Å². The van der Waals surface area contributed by atoms with Crippen LogP contribution >= 0.6 is 0 Å². The number of aliphatic hydroxyl groups excluding tert-OH is 1. The van der Waals surface area contributed by atoms with Crippen LogP contribution in [-0.4, -0.2) is 15.1 Å². The highest BCUT2D eigenvalue weighted by Gasteiger charge is 2.11. The Balaban J connectivity index is 2.17. The summed E-state index contributed by atoms with van der Waals surface area (Å²) >= 11 is 0. The monoisotopic (exact) mass is 220 g/mol. The molecule has 2 rings (SSSR count). The number of hydrogen-bond donors (Lipinski definition) is 2. The van der Waals surface area contributed by atoms with Crippen molar-refractivity contribution in [2.24, 2.45) is 0 Å². The molecule has 0 saturated heterocycles. The van der Waals surface area contributed by atoms with Gasteiger partial charge in [0.1, 0.15) is 11.6 Å². The third kappa shape index (κ3) is 2.46. The van der Waals surface area contributed by atoms with Gasteiger partial charge in [0.15, 0.2) is 0 Å². The zero-order valence-corrected chi connectivity index (χ0v) is 8.94. The lowest BCUT2D eigenvalue weighted by Crippen LogP contribution is -2.04. The van der Waals surface area contributed by atoms with Crippen molar-refractivity contribution in [1.29, 1.82) is 0 Å². The predicted octanol–water partition coefficient (Wildman–Crippen LogP) is 2.13. The van der Waals surface area contributed by atoms with E-state index in [1.54, 1.807) is 25.4 Å². The molecule has 0 aliphatic heterocycles. The highest BCUT2D eigenvalue weighted by Crippen LogP contribution is 2.19. The van der Waals surface area contributed by atoms with Gasteiger partial charge in [-0.05, 0) is 30.2 Å². The molecule has 16 heavy (non-hydrogen) atoms. The van der Waals surface area contributed by atoms with Gasteiger partial charge in [0, 0.05) is 18.8 Å². The first-order valence-electron chi connectivity index (χ1n) is 5.08. The quantitative estimate of drug-likeness (QED) is 0.832. The van der Waals surface area contributed by atoms with E-state index in [1.807, 2.05) is 0 Å². The second-order valence-corrected chi connectivity index (χ2v) is 3.82. The normalized spacial score (nSPS) is 12.7. The Morgan fingerprint density at radius 2 is 2.25 bits per heavy atom. The van der Waals surface area contributed by atoms with Crippen molar-refractivity contribution in [2.75, 3.05) is 0 Å². The van der Waals surface area contributed by atoms with Gasteiger partial charge in [0.05, 0.1) is 6.10 Å². The summed E-state index contributed by atoms with van der Waals surface area (Å²) in [5.41, 5.74) is 1.38. The number of nitrogens with one attached hydrogen (secondary N) is 1. The van der Waals surface area contributed by atoms with Crippen LogP contribution in [0.1, 0.15) is 23.1 Å². The average molecular weight is 220 g/mol. The number of hydrogen-bond acceptors (Lipinski definition) is 2. The molecule has 0 saturated carbocycles. The molecule has 0 aliphatic carbocycles. The van der Waals surface area contributed by atoms with Crippen LogP contribution in [0.3, 0.4) is 0 Å². The Morgan fingerprint density at radius 1 is 1.44 bits per heavy atom. The zero-order valence-electron chi connectivity index (χ0n) is 8.94. The molecule has 2 aromatic rings. The number of halogens is 1. The third-order valence-electron chi connectivity index (χ3n) is 2.39. The van der Waals surface area contributed by atoms with Gasteiger partial charge in [-0.1, -0.05) is 6.07 Å². The molecule has 1 unspecified atom stereocenters. The summed E-state index contributed by atoms with van der Waals surface area (Å²) in [5.74, 6) is 0.364. The van der Waals surface area contributed by atoms with Crippen LogP contribution in [0.25, 0.3) is 0 Å². The number of nitrogens with zero attached hydrogens (tertiary/aromatic N) is 1. The second kappa shape index (κ2) is 4.45. The first-order chi connectivity index (χ1) is 7.65. The van der Waals surface area contributed by atoms with Crippen molar-refractivity contribution >= 4 is 0 Å². The lowest BCUT2D eigenvalue weighted by Gasteiger charge is -2.10. The van der Waals surface area contributed by atoms with Gasteiger partial charge in [0.2, 0.25) is 0 Å². The topological polar surface area (TPSA) is 48.9 Å². The van der Waals surface area contributed by atoms with Crippen LogP contribution in [-0.2, 0) is 6.42 Å². The summed E-state index contributed by atoms with van der Waals surface area (Å²) in [6.45, 7) is 1.80. The third-order valence-corrected chi connectivity index (χ3v) is 2.39. The van der Waals surface area contributed by atoms with Gasteiger partial charge in [-0.25, -0.2) is 9.37 Å². The fourth-order valence-electron chi connectivity index (χ4n) is 1.67. The number of rotatable bonds is 3. The minimum Gasteiger partial charge on any atom is -0.388 e. The number of aromatic nitrogens is 2. The SMILES string of the molecule is Cc1cc(F)cc(C(O)Cc2ncc[nH]2)c1. The molecule has 1 heterocycles. The molecule has 0 bridgehead atoms. The van der Waals surface area contributed by atoms with Crippen molar-refractivity contribution in [2.45, 2.75) is 19.4 Å². The number of aliphatic hydroxyl groups is 1. The van der Waals surface area contributed by atoms with E-state index >= 15 is 0 Å². The Hall–Kier alpha value is -1.68. The minimum absolute atomic E-state index is 0.325. The molecule has 0 aliphatic rings. The Labute approximate surface area is 93.0 Å². The maximum atomic E-state index is 13.1. The van der Waals surface area contributed by atoms with Gasteiger partial charge < -0.3 is 10.1 Å². The largest absolute Gasteiger partial charge is 0.388 e. The fraction of sp³-hybridized carbons (Fsp3) is 0.250. The molecule has 1 aromatic carbocycles. The lowest BCUT2D eigenvalue weighted by molar-refractivity contribution is 0.175. The van der Waals surface area contributed by atoms with Gasteiger partial charge in [-0.2, -0.15) is 0 Å². The number of aryl methyl sites for hydroxylation is 1. The van der Waals surface area contributed by atoms with Crippen molar-refractivity contribution < 1.29 is 9.50 Å². The molecule has 0 radical (unpaired) electrons. The van der Waals surface area contributed by atoms with E-state index in [-0.39, 0.29) is 5.82 Å². The summed E-state index contributed by atoms with van der Waals surface area (Å²) in [4.78, 5) is 6.92. The molecular formula is C12H13FN2O. The maximum Gasteiger partial charge on any atom is 0.123 e.